The maximum atomic E-state index is 11.8. The van der Waals surface area contributed by atoms with Crippen LogP contribution in [0.4, 0.5) is 0 Å². The Morgan fingerprint density at radius 3 is 2.24 bits per heavy atom. The van der Waals surface area contributed by atoms with E-state index in [1.807, 2.05) is 6.92 Å². The number of aliphatic hydroxyl groups is 2. The maximum Gasteiger partial charge on any atom is 0.307 e. The topological polar surface area (TPSA) is 107 Å². The molecule has 0 aromatic carbocycles. The predicted octanol–water partition coefficient (Wildman–Crippen LogP) is -0.797. The van der Waals surface area contributed by atoms with Gasteiger partial charge in [0.05, 0.1) is 31.1 Å². The summed E-state index contributed by atoms with van der Waals surface area (Å²) in [5.74, 6) is -2.38. The van der Waals surface area contributed by atoms with E-state index in [0.717, 1.165) is 0 Å². The van der Waals surface area contributed by atoms with Crippen LogP contribution in [0.1, 0.15) is 19.8 Å². The van der Waals surface area contributed by atoms with Crippen molar-refractivity contribution in [2.24, 2.45) is 17.8 Å². The van der Waals surface area contributed by atoms with Crippen LogP contribution >= 0.6 is 0 Å². The Morgan fingerprint density at radius 1 is 1.24 bits per heavy atom. The zero-order chi connectivity index (χ0) is 13.0. The number of amides is 1. The van der Waals surface area contributed by atoms with Crippen LogP contribution in [0.25, 0.3) is 0 Å². The van der Waals surface area contributed by atoms with E-state index < -0.39 is 29.8 Å². The Bertz CT molecular complexity index is 290. The molecule has 6 heteroatoms. The van der Waals surface area contributed by atoms with Crippen LogP contribution in [0.15, 0.2) is 0 Å². The summed E-state index contributed by atoms with van der Waals surface area (Å²) in [7, 11) is 0. The molecule has 6 nitrogen and oxygen atoms in total. The van der Waals surface area contributed by atoms with Gasteiger partial charge in [0, 0.05) is 0 Å². The minimum atomic E-state index is -0.959. The molecule has 1 rings (SSSR count). The van der Waals surface area contributed by atoms with Gasteiger partial charge in [-0.25, -0.2) is 0 Å². The fourth-order valence-electron chi connectivity index (χ4n) is 2.31. The molecule has 1 fully saturated rings. The summed E-state index contributed by atoms with van der Waals surface area (Å²) in [5.41, 5.74) is 0. The van der Waals surface area contributed by atoms with E-state index >= 15 is 0 Å². The molecule has 1 unspecified atom stereocenters. The standard InChI is InChI=1S/C11H19NO5/c1-6-2-8(9(3-6)11(16)17)10(15)12-7(4-13)5-14/h6-9,13-14H,2-5H2,1H3,(H,12,15)(H,16,17)/t6?,8-,9+/m0/s1. The summed E-state index contributed by atoms with van der Waals surface area (Å²) in [4.78, 5) is 22.8. The molecular weight excluding hydrogens is 226 g/mol. The number of hydrogen-bond donors (Lipinski definition) is 4. The van der Waals surface area contributed by atoms with Crippen molar-refractivity contribution in [2.45, 2.75) is 25.8 Å². The van der Waals surface area contributed by atoms with Gasteiger partial charge in [-0.05, 0) is 18.8 Å². The summed E-state index contributed by atoms with van der Waals surface area (Å²) >= 11 is 0. The third-order valence-electron chi connectivity index (χ3n) is 3.24. The van der Waals surface area contributed by atoms with Crippen LogP contribution in [0.3, 0.4) is 0 Å². The normalized spacial score (nSPS) is 28.4. The number of carboxylic acids is 1. The van der Waals surface area contributed by atoms with E-state index in [9.17, 15) is 9.59 Å². The molecule has 1 saturated carbocycles. The molecule has 0 aliphatic heterocycles. The number of carboxylic acid groups (broad SMARTS) is 1. The lowest BCUT2D eigenvalue weighted by atomic mass is 9.95. The van der Waals surface area contributed by atoms with E-state index in [0.29, 0.717) is 12.8 Å². The first-order chi connectivity index (χ1) is 7.99. The number of aliphatic hydroxyl groups excluding tert-OH is 2. The van der Waals surface area contributed by atoms with Crippen molar-refractivity contribution < 1.29 is 24.9 Å². The van der Waals surface area contributed by atoms with Gasteiger partial charge in [0.2, 0.25) is 5.91 Å². The van der Waals surface area contributed by atoms with Crippen molar-refractivity contribution >= 4 is 11.9 Å². The SMILES string of the molecule is CC1C[C@H](C(=O)NC(CO)CO)[C@H](C(=O)O)C1. The van der Waals surface area contributed by atoms with Crippen LogP contribution in [0, 0.1) is 17.8 Å². The van der Waals surface area contributed by atoms with Crippen LogP contribution in [-0.4, -0.2) is 46.5 Å². The van der Waals surface area contributed by atoms with Crippen molar-refractivity contribution in [1.82, 2.24) is 5.32 Å². The summed E-state index contributed by atoms with van der Waals surface area (Å²) in [6.07, 6.45) is 1.03. The van der Waals surface area contributed by atoms with E-state index in [-0.39, 0.29) is 19.1 Å². The number of rotatable bonds is 5. The molecule has 1 amide bonds. The van der Waals surface area contributed by atoms with Crippen LogP contribution in [0.5, 0.6) is 0 Å². The molecule has 4 N–H and O–H groups in total. The van der Waals surface area contributed by atoms with Crippen LogP contribution in [0.2, 0.25) is 0 Å². The van der Waals surface area contributed by atoms with Gasteiger partial charge in [-0.3, -0.25) is 9.59 Å². The lowest BCUT2D eigenvalue weighted by molar-refractivity contribution is -0.146. The number of nitrogens with one attached hydrogen (secondary N) is 1. The highest BCUT2D eigenvalue weighted by Gasteiger charge is 2.41. The van der Waals surface area contributed by atoms with Gasteiger partial charge >= 0.3 is 5.97 Å². The first-order valence-electron chi connectivity index (χ1n) is 5.74. The summed E-state index contributed by atoms with van der Waals surface area (Å²) < 4.78 is 0. The van der Waals surface area contributed by atoms with E-state index in [1.165, 1.54) is 0 Å². The van der Waals surface area contributed by atoms with E-state index in [2.05, 4.69) is 5.32 Å². The van der Waals surface area contributed by atoms with Gasteiger partial charge < -0.3 is 20.6 Å². The lowest BCUT2D eigenvalue weighted by Gasteiger charge is -2.19. The fraction of sp³-hybridized carbons (Fsp3) is 0.818. The van der Waals surface area contributed by atoms with Gasteiger partial charge in [0.1, 0.15) is 0 Å². The average Bonchev–Trinajstić information content (AvgIpc) is 2.68. The third kappa shape index (κ3) is 3.41. The highest BCUT2D eigenvalue weighted by Crippen LogP contribution is 2.36. The van der Waals surface area contributed by atoms with Crippen LogP contribution < -0.4 is 5.32 Å². The van der Waals surface area contributed by atoms with E-state index in [4.69, 9.17) is 15.3 Å². The predicted molar refractivity (Wildman–Crippen MR) is 59.1 cm³/mol. The molecule has 17 heavy (non-hydrogen) atoms. The minimum Gasteiger partial charge on any atom is -0.481 e. The highest BCUT2D eigenvalue weighted by atomic mass is 16.4. The monoisotopic (exact) mass is 245 g/mol. The molecule has 0 bridgehead atoms. The van der Waals surface area contributed by atoms with Crippen molar-refractivity contribution in [3.8, 4) is 0 Å². The first kappa shape index (κ1) is 13.9. The van der Waals surface area contributed by atoms with Crippen LogP contribution in [-0.2, 0) is 9.59 Å². The quantitative estimate of drug-likeness (QED) is 0.507. The van der Waals surface area contributed by atoms with Gasteiger partial charge in [0.25, 0.3) is 0 Å². The zero-order valence-corrected chi connectivity index (χ0v) is 9.80. The van der Waals surface area contributed by atoms with Crippen molar-refractivity contribution in [1.29, 1.82) is 0 Å². The molecular formula is C11H19NO5. The van der Waals surface area contributed by atoms with Gasteiger partial charge in [-0.1, -0.05) is 6.92 Å². The number of carbonyl (C=O) groups is 2. The van der Waals surface area contributed by atoms with Gasteiger partial charge in [0.15, 0.2) is 0 Å². The lowest BCUT2D eigenvalue weighted by Crippen LogP contribution is -2.44. The molecule has 0 aromatic heterocycles. The zero-order valence-electron chi connectivity index (χ0n) is 9.80. The molecule has 0 saturated heterocycles. The molecule has 3 atom stereocenters. The number of aliphatic carboxylic acids is 1. The second-order valence-electron chi connectivity index (χ2n) is 4.70. The molecule has 0 spiro atoms. The Labute approximate surface area is 99.6 Å². The molecule has 98 valence electrons. The largest absolute Gasteiger partial charge is 0.481 e. The van der Waals surface area contributed by atoms with Crippen molar-refractivity contribution in [3.05, 3.63) is 0 Å². The number of hydrogen-bond acceptors (Lipinski definition) is 4. The first-order valence-corrected chi connectivity index (χ1v) is 5.74. The Balaban J connectivity index is 2.64. The maximum absolute atomic E-state index is 11.8. The molecule has 0 heterocycles. The number of carbonyl (C=O) groups excluding carboxylic acids is 1. The summed E-state index contributed by atoms with van der Waals surface area (Å²) in [6, 6.07) is -0.715. The fourth-order valence-corrected chi connectivity index (χ4v) is 2.31. The molecule has 1 aliphatic rings. The van der Waals surface area contributed by atoms with Crippen molar-refractivity contribution in [2.75, 3.05) is 13.2 Å². The van der Waals surface area contributed by atoms with Crippen molar-refractivity contribution in [3.63, 3.8) is 0 Å². The minimum absolute atomic E-state index is 0.202. The second kappa shape index (κ2) is 5.97. The molecule has 0 radical (unpaired) electrons. The second-order valence-corrected chi connectivity index (χ2v) is 4.70. The average molecular weight is 245 g/mol. The third-order valence-corrected chi connectivity index (χ3v) is 3.24. The van der Waals surface area contributed by atoms with E-state index in [1.54, 1.807) is 0 Å². The van der Waals surface area contributed by atoms with Gasteiger partial charge in [-0.15, -0.1) is 0 Å². The Kier molecular flexibility index (Phi) is 4.89. The summed E-state index contributed by atoms with van der Waals surface area (Å²) in [5, 5.41) is 29.2. The van der Waals surface area contributed by atoms with Gasteiger partial charge in [-0.2, -0.15) is 0 Å². The Hall–Kier alpha value is -1.14. The molecule has 1 aliphatic carbocycles. The highest BCUT2D eigenvalue weighted by molar-refractivity contribution is 5.85. The summed E-state index contributed by atoms with van der Waals surface area (Å²) in [6.45, 7) is 1.20. The Morgan fingerprint density at radius 2 is 1.76 bits per heavy atom. The smallest absolute Gasteiger partial charge is 0.307 e. The molecule has 0 aromatic rings.